The second-order valence-electron chi connectivity index (χ2n) is 2.54. The average molecular weight is 133 g/mol. The average Bonchev–Trinajstić information content (AvgIpc) is 1.88. The Morgan fingerprint density at radius 1 is 1.50 bits per heavy atom. The van der Waals surface area contributed by atoms with Gasteiger partial charge in [0, 0.05) is 5.69 Å². The van der Waals surface area contributed by atoms with Crippen molar-refractivity contribution in [3.63, 3.8) is 0 Å². The number of hydrogen-bond donors (Lipinski definition) is 1. The summed E-state index contributed by atoms with van der Waals surface area (Å²) in [5.41, 5.74) is 9.12. The predicted octanol–water partition coefficient (Wildman–Crippen LogP) is 0.0896. The van der Waals surface area contributed by atoms with Crippen LogP contribution in [0.25, 0.3) is 0 Å². The van der Waals surface area contributed by atoms with Crippen molar-refractivity contribution >= 4 is 19.0 Å². The molecule has 0 unspecified atom stereocenters. The van der Waals surface area contributed by atoms with Crippen molar-refractivity contribution in [2.24, 2.45) is 0 Å². The smallest absolute Gasteiger partial charge is 0.139 e. The van der Waals surface area contributed by atoms with Crippen molar-refractivity contribution in [3.05, 3.63) is 23.8 Å². The van der Waals surface area contributed by atoms with Crippen molar-refractivity contribution in [1.29, 1.82) is 0 Å². The summed E-state index contributed by atoms with van der Waals surface area (Å²) in [5, 5.41) is 0. The van der Waals surface area contributed by atoms with Crippen LogP contribution in [0, 0.1) is 0 Å². The van der Waals surface area contributed by atoms with E-state index in [9.17, 15) is 0 Å². The van der Waals surface area contributed by atoms with Gasteiger partial charge in [0.15, 0.2) is 0 Å². The summed E-state index contributed by atoms with van der Waals surface area (Å²) in [7, 11) is 2.09. The van der Waals surface area contributed by atoms with Crippen LogP contribution in [-0.2, 0) is 6.42 Å². The molecule has 0 aliphatic rings. The third kappa shape index (κ3) is 1.32. The molecule has 0 heterocycles. The van der Waals surface area contributed by atoms with E-state index in [1.54, 1.807) is 0 Å². The van der Waals surface area contributed by atoms with Gasteiger partial charge in [-0.05, 0) is 18.6 Å². The van der Waals surface area contributed by atoms with Gasteiger partial charge in [-0.2, -0.15) is 0 Å². The number of benzene rings is 1. The Hall–Kier alpha value is -0.915. The van der Waals surface area contributed by atoms with Crippen LogP contribution in [0.5, 0.6) is 0 Å². The molecule has 10 heavy (non-hydrogen) atoms. The van der Waals surface area contributed by atoms with Crippen LogP contribution in [0.3, 0.4) is 0 Å². The van der Waals surface area contributed by atoms with Gasteiger partial charge in [-0.3, -0.25) is 0 Å². The Morgan fingerprint density at radius 2 is 2.20 bits per heavy atom. The number of anilines is 1. The van der Waals surface area contributed by atoms with Crippen LogP contribution in [0.1, 0.15) is 12.5 Å². The van der Waals surface area contributed by atoms with E-state index in [2.05, 4.69) is 20.8 Å². The lowest BCUT2D eigenvalue weighted by Gasteiger charge is -2.02. The zero-order valence-electron chi connectivity index (χ0n) is 6.52. The Balaban J connectivity index is 3.07. The normalized spacial score (nSPS) is 9.70. The van der Waals surface area contributed by atoms with Crippen LogP contribution in [0.4, 0.5) is 5.69 Å². The fourth-order valence-electron chi connectivity index (χ4n) is 1.12. The molecule has 0 spiro atoms. The Morgan fingerprint density at radius 3 is 2.70 bits per heavy atom. The number of aryl methyl sites for hydroxylation is 1. The molecular weight excluding hydrogens is 121 g/mol. The molecule has 0 atom stereocenters. The molecular formula is C8H12BN. The largest absolute Gasteiger partial charge is 0.399 e. The predicted molar refractivity (Wildman–Crippen MR) is 48.4 cm³/mol. The molecule has 0 aliphatic carbocycles. The quantitative estimate of drug-likeness (QED) is 0.426. The van der Waals surface area contributed by atoms with Crippen LogP contribution < -0.4 is 11.2 Å². The molecule has 0 bridgehead atoms. The summed E-state index contributed by atoms with van der Waals surface area (Å²) in [6.45, 7) is 2.15. The highest BCUT2D eigenvalue weighted by atomic mass is 14.5. The molecule has 1 rings (SSSR count). The van der Waals surface area contributed by atoms with Crippen LogP contribution >= 0.6 is 0 Å². The summed E-state index contributed by atoms with van der Waals surface area (Å²) in [6.07, 6.45) is 1.09. The maximum absolute atomic E-state index is 5.58. The number of nitrogen functional groups attached to an aromatic ring is 1. The van der Waals surface area contributed by atoms with Gasteiger partial charge in [0.25, 0.3) is 0 Å². The maximum Gasteiger partial charge on any atom is 0.139 e. The van der Waals surface area contributed by atoms with Crippen molar-refractivity contribution < 1.29 is 0 Å². The molecule has 1 aromatic rings. The molecule has 1 nitrogen and oxygen atoms in total. The van der Waals surface area contributed by atoms with E-state index < -0.39 is 0 Å². The summed E-state index contributed by atoms with van der Waals surface area (Å²) in [5.74, 6) is 0. The molecule has 52 valence electrons. The second kappa shape index (κ2) is 2.78. The molecule has 0 aromatic heterocycles. The van der Waals surface area contributed by atoms with Crippen LogP contribution in [0.15, 0.2) is 18.2 Å². The monoisotopic (exact) mass is 133 g/mol. The van der Waals surface area contributed by atoms with Gasteiger partial charge in [0.05, 0.1) is 0 Å². The first kappa shape index (κ1) is 7.20. The molecule has 0 aliphatic heterocycles. The van der Waals surface area contributed by atoms with Gasteiger partial charge in [-0.15, -0.1) is 0 Å². The highest BCUT2D eigenvalue weighted by Crippen LogP contribution is 2.01. The molecule has 2 N–H and O–H groups in total. The minimum absolute atomic E-state index is 0.856. The lowest BCUT2D eigenvalue weighted by atomic mass is 9.89. The van der Waals surface area contributed by atoms with Crippen molar-refractivity contribution in [2.75, 3.05) is 5.73 Å². The Bertz CT molecular complexity index is 233. The molecule has 0 radical (unpaired) electrons. The molecule has 0 fully saturated rings. The number of rotatable bonds is 1. The molecule has 2 heteroatoms. The lowest BCUT2D eigenvalue weighted by molar-refractivity contribution is 1.15. The standard InChI is InChI=1S/C8H12BN/c1-2-6-3-4-7(10)5-8(6)9/h3-5H,2,9-10H2,1H3. The van der Waals surface area contributed by atoms with Gasteiger partial charge in [-0.1, -0.05) is 24.0 Å². The fraction of sp³-hybridized carbons (Fsp3) is 0.250. The van der Waals surface area contributed by atoms with Crippen molar-refractivity contribution in [3.8, 4) is 0 Å². The third-order valence-corrected chi connectivity index (χ3v) is 1.75. The summed E-state index contributed by atoms with van der Waals surface area (Å²) in [6, 6.07) is 6.05. The fourth-order valence-corrected chi connectivity index (χ4v) is 1.12. The van der Waals surface area contributed by atoms with Gasteiger partial charge in [0.2, 0.25) is 0 Å². The summed E-state index contributed by atoms with van der Waals surface area (Å²) >= 11 is 0. The topological polar surface area (TPSA) is 26.0 Å². The molecule has 1 aromatic carbocycles. The lowest BCUT2D eigenvalue weighted by Crippen LogP contribution is -2.09. The van der Waals surface area contributed by atoms with E-state index in [1.807, 2.05) is 12.1 Å². The number of nitrogens with two attached hydrogens (primary N) is 1. The van der Waals surface area contributed by atoms with Gasteiger partial charge < -0.3 is 5.73 Å². The third-order valence-electron chi connectivity index (χ3n) is 1.75. The van der Waals surface area contributed by atoms with E-state index in [1.165, 1.54) is 11.0 Å². The maximum atomic E-state index is 5.58. The van der Waals surface area contributed by atoms with Gasteiger partial charge in [0.1, 0.15) is 7.85 Å². The highest BCUT2D eigenvalue weighted by Gasteiger charge is 1.93. The SMILES string of the molecule is Bc1cc(N)ccc1CC. The van der Waals surface area contributed by atoms with E-state index in [-0.39, 0.29) is 0 Å². The molecule has 0 saturated carbocycles. The first-order valence-corrected chi connectivity index (χ1v) is 3.59. The second-order valence-corrected chi connectivity index (χ2v) is 2.54. The van der Waals surface area contributed by atoms with Crippen LogP contribution in [0.2, 0.25) is 0 Å². The van der Waals surface area contributed by atoms with Gasteiger partial charge in [-0.25, -0.2) is 0 Å². The van der Waals surface area contributed by atoms with Crippen molar-refractivity contribution in [1.82, 2.24) is 0 Å². The van der Waals surface area contributed by atoms with E-state index in [0.29, 0.717) is 0 Å². The van der Waals surface area contributed by atoms with Gasteiger partial charge >= 0.3 is 0 Å². The van der Waals surface area contributed by atoms with E-state index in [0.717, 1.165) is 12.1 Å². The first-order chi connectivity index (χ1) is 4.74. The van der Waals surface area contributed by atoms with Crippen LogP contribution in [-0.4, -0.2) is 7.85 Å². The molecule has 0 amide bonds. The minimum Gasteiger partial charge on any atom is -0.399 e. The Labute approximate surface area is 62.7 Å². The Kier molecular flexibility index (Phi) is 2.00. The summed E-state index contributed by atoms with van der Waals surface area (Å²) in [4.78, 5) is 0. The summed E-state index contributed by atoms with van der Waals surface area (Å²) < 4.78 is 0. The van der Waals surface area contributed by atoms with Crippen molar-refractivity contribution in [2.45, 2.75) is 13.3 Å². The number of hydrogen-bond acceptors (Lipinski definition) is 1. The molecule has 0 saturated heterocycles. The minimum atomic E-state index is 0.856. The zero-order chi connectivity index (χ0) is 7.56. The highest BCUT2D eigenvalue weighted by molar-refractivity contribution is 6.33. The zero-order valence-corrected chi connectivity index (χ0v) is 6.52. The first-order valence-electron chi connectivity index (χ1n) is 3.59. The van der Waals surface area contributed by atoms with E-state index >= 15 is 0 Å². The van der Waals surface area contributed by atoms with E-state index in [4.69, 9.17) is 5.73 Å².